The van der Waals surface area contributed by atoms with Gasteiger partial charge in [0.15, 0.2) is 0 Å². The van der Waals surface area contributed by atoms with Crippen LogP contribution in [0.25, 0.3) is 0 Å². The predicted octanol–water partition coefficient (Wildman–Crippen LogP) is 2.01. The molecule has 38 valence electrons. The second-order valence-electron chi connectivity index (χ2n) is 2.86. The van der Waals surface area contributed by atoms with Crippen LogP contribution in [0.3, 0.4) is 0 Å². The molecule has 2 rings (SSSR count). The molecule has 2 atom stereocenters. The third-order valence-electron chi connectivity index (χ3n) is 2.51. The average Bonchev–Trinajstić information content (AvgIpc) is 1.85. The summed E-state index contributed by atoms with van der Waals surface area (Å²) in [5.74, 6) is 2.28. The van der Waals surface area contributed by atoms with Gasteiger partial charge in [0.1, 0.15) is 0 Å². The van der Waals surface area contributed by atoms with Gasteiger partial charge in [0.2, 0.25) is 0 Å². The molecule has 2 aliphatic rings. The molecule has 7 heavy (non-hydrogen) atoms. The molecule has 0 spiro atoms. The van der Waals surface area contributed by atoms with Crippen molar-refractivity contribution in [2.24, 2.45) is 11.8 Å². The van der Waals surface area contributed by atoms with Gasteiger partial charge >= 0.3 is 0 Å². The molecule has 0 radical (unpaired) electrons. The Kier molecular flexibility index (Phi) is 0.643. The molecule has 0 heterocycles. The maximum absolute atomic E-state index is 2.46. The zero-order valence-corrected chi connectivity index (χ0v) is 4.56. The highest BCUT2D eigenvalue weighted by molar-refractivity contribution is 4.94. The molecule has 0 bridgehead atoms. The lowest BCUT2D eigenvalue weighted by atomic mass is 9.77. The fraction of sp³-hybridized carbons (Fsp3) is 0.857. The first kappa shape index (κ1) is 3.82. The lowest BCUT2D eigenvalue weighted by molar-refractivity contribution is 0.219. The molecule has 0 amide bonds. The van der Waals surface area contributed by atoms with Crippen LogP contribution in [-0.4, -0.2) is 0 Å². The molecule has 2 saturated carbocycles. The van der Waals surface area contributed by atoms with E-state index in [2.05, 4.69) is 6.42 Å². The van der Waals surface area contributed by atoms with Gasteiger partial charge < -0.3 is 0 Å². The first-order chi connectivity index (χ1) is 3.47. The molecular weight excluding hydrogens is 84.1 g/mol. The summed E-state index contributed by atoms with van der Waals surface area (Å²) in [6.07, 6.45) is 8.39. The summed E-state index contributed by atoms with van der Waals surface area (Å²) < 4.78 is 0. The summed E-state index contributed by atoms with van der Waals surface area (Å²) in [6, 6.07) is 0. The lowest BCUT2D eigenvalue weighted by Crippen LogP contribution is -2.18. The molecule has 0 nitrogen and oxygen atoms in total. The fourth-order valence-corrected chi connectivity index (χ4v) is 1.78. The zero-order valence-electron chi connectivity index (χ0n) is 4.56. The number of fused-ring (bicyclic) bond motifs is 1. The fourth-order valence-electron chi connectivity index (χ4n) is 1.78. The minimum absolute atomic E-state index is 1.14. The van der Waals surface area contributed by atoms with Crippen molar-refractivity contribution in [3.8, 4) is 0 Å². The summed E-state index contributed by atoms with van der Waals surface area (Å²) in [5.41, 5.74) is 0. The van der Waals surface area contributed by atoms with E-state index >= 15 is 0 Å². The van der Waals surface area contributed by atoms with Gasteiger partial charge in [-0.2, -0.15) is 0 Å². The number of rotatable bonds is 0. The Hall–Kier alpha value is -0.130. The van der Waals surface area contributed by atoms with Gasteiger partial charge in [0.05, 0.1) is 19.3 Å². The van der Waals surface area contributed by atoms with Gasteiger partial charge in [0, 0.05) is 11.8 Å². The Morgan fingerprint density at radius 3 is 1.86 bits per heavy atom. The second kappa shape index (κ2) is 1.18. The molecule has 0 aliphatic heterocycles. The Bertz CT molecular complexity index is 66.1. The van der Waals surface area contributed by atoms with Gasteiger partial charge in [-0.1, -0.05) is 0 Å². The summed E-state index contributed by atoms with van der Waals surface area (Å²) in [6.45, 7) is 0. The molecule has 0 heteroatoms. The van der Waals surface area contributed by atoms with Crippen molar-refractivity contribution in [2.45, 2.75) is 25.7 Å². The predicted molar refractivity (Wildman–Crippen MR) is 29.7 cm³/mol. The van der Waals surface area contributed by atoms with E-state index in [1.165, 1.54) is 25.7 Å². The highest BCUT2D eigenvalue weighted by Gasteiger charge is 2.40. The summed E-state index contributed by atoms with van der Waals surface area (Å²) in [7, 11) is 0. The third-order valence-corrected chi connectivity index (χ3v) is 2.51. The van der Waals surface area contributed by atoms with Crippen LogP contribution >= 0.6 is 0 Å². The third kappa shape index (κ3) is 0.398. The summed E-state index contributed by atoms with van der Waals surface area (Å²) in [4.78, 5) is 0. The van der Waals surface area contributed by atoms with E-state index in [-0.39, 0.29) is 0 Å². The van der Waals surface area contributed by atoms with E-state index in [0.717, 1.165) is 11.8 Å². The molecular formula is C7H11+. The topological polar surface area (TPSA) is 0 Å². The summed E-state index contributed by atoms with van der Waals surface area (Å²) >= 11 is 0. The van der Waals surface area contributed by atoms with Crippen molar-refractivity contribution in [1.29, 1.82) is 0 Å². The van der Waals surface area contributed by atoms with Crippen LogP contribution in [0.1, 0.15) is 25.7 Å². The minimum atomic E-state index is 1.14. The van der Waals surface area contributed by atoms with Crippen LogP contribution in [0.2, 0.25) is 0 Å². The van der Waals surface area contributed by atoms with Crippen molar-refractivity contribution < 1.29 is 0 Å². The van der Waals surface area contributed by atoms with E-state index in [1.54, 1.807) is 0 Å². The molecule has 2 unspecified atom stereocenters. The van der Waals surface area contributed by atoms with E-state index in [4.69, 9.17) is 0 Å². The average molecular weight is 95.2 g/mol. The Labute approximate surface area is 44.9 Å². The molecule has 2 fully saturated rings. The molecule has 2 aliphatic carbocycles. The molecule has 0 N–H and O–H groups in total. The van der Waals surface area contributed by atoms with Gasteiger partial charge in [-0.25, -0.2) is 0 Å². The van der Waals surface area contributed by atoms with Gasteiger partial charge in [-0.3, -0.25) is 0 Å². The van der Waals surface area contributed by atoms with Crippen molar-refractivity contribution in [2.75, 3.05) is 0 Å². The number of hydrogen-bond acceptors (Lipinski definition) is 0. The van der Waals surface area contributed by atoms with E-state index in [1.807, 2.05) is 0 Å². The Morgan fingerprint density at radius 2 is 1.57 bits per heavy atom. The van der Waals surface area contributed by atoms with Gasteiger partial charge in [0.25, 0.3) is 0 Å². The number of hydrogen-bond donors (Lipinski definition) is 0. The SMILES string of the molecule is [CH+]1CC2CCC2C1. The van der Waals surface area contributed by atoms with Crippen LogP contribution in [0.15, 0.2) is 0 Å². The summed E-state index contributed by atoms with van der Waals surface area (Å²) in [5, 5.41) is 0. The monoisotopic (exact) mass is 95.1 g/mol. The van der Waals surface area contributed by atoms with E-state index in [9.17, 15) is 0 Å². The molecule has 0 aromatic heterocycles. The van der Waals surface area contributed by atoms with Crippen LogP contribution in [0.4, 0.5) is 0 Å². The molecule has 0 saturated heterocycles. The standard InChI is InChI=1S/C7H11/c1-2-6-4-5-7(6)3-1/h1,6-7H,2-5H2/q+1. The largest absolute Gasteiger partial charge is 0.0907 e. The van der Waals surface area contributed by atoms with Crippen LogP contribution in [-0.2, 0) is 0 Å². The molecule has 0 aromatic carbocycles. The second-order valence-corrected chi connectivity index (χ2v) is 2.86. The van der Waals surface area contributed by atoms with Crippen molar-refractivity contribution >= 4 is 0 Å². The van der Waals surface area contributed by atoms with Gasteiger partial charge in [-0.15, -0.1) is 0 Å². The van der Waals surface area contributed by atoms with Crippen LogP contribution in [0, 0.1) is 18.3 Å². The molecule has 0 aromatic rings. The highest BCUT2D eigenvalue weighted by atomic mass is 14.4. The van der Waals surface area contributed by atoms with E-state index < -0.39 is 0 Å². The quantitative estimate of drug-likeness (QED) is 0.404. The smallest absolute Gasteiger partial charge is 0.0455 e. The zero-order chi connectivity index (χ0) is 4.69. The maximum Gasteiger partial charge on any atom is 0.0907 e. The van der Waals surface area contributed by atoms with Crippen LogP contribution < -0.4 is 0 Å². The first-order valence-electron chi connectivity index (χ1n) is 3.28. The highest BCUT2D eigenvalue weighted by Crippen LogP contribution is 2.45. The van der Waals surface area contributed by atoms with Crippen molar-refractivity contribution in [3.63, 3.8) is 0 Å². The lowest BCUT2D eigenvalue weighted by Gasteiger charge is -2.25. The van der Waals surface area contributed by atoms with Crippen molar-refractivity contribution in [1.82, 2.24) is 0 Å². The normalized spacial score (nSPS) is 46.9. The van der Waals surface area contributed by atoms with Crippen molar-refractivity contribution in [3.05, 3.63) is 6.42 Å². The van der Waals surface area contributed by atoms with Crippen LogP contribution in [0.5, 0.6) is 0 Å². The maximum atomic E-state index is 2.46. The Morgan fingerprint density at radius 1 is 1.00 bits per heavy atom. The first-order valence-corrected chi connectivity index (χ1v) is 3.28. The van der Waals surface area contributed by atoms with E-state index in [0.29, 0.717) is 0 Å². The van der Waals surface area contributed by atoms with Gasteiger partial charge in [-0.05, 0) is 12.8 Å². The minimum Gasteiger partial charge on any atom is -0.0455 e. The Balaban J connectivity index is 2.03.